The van der Waals surface area contributed by atoms with Gasteiger partial charge in [0.15, 0.2) is 6.61 Å². The summed E-state index contributed by atoms with van der Waals surface area (Å²) in [7, 11) is 0. The van der Waals surface area contributed by atoms with Crippen LogP contribution in [-0.2, 0) is 4.79 Å². The molecule has 1 aliphatic rings. The molecule has 1 aromatic heterocycles. The van der Waals surface area contributed by atoms with Crippen LogP contribution < -0.4 is 9.64 Å². The number of pyridine rings is 1. The number of nitrogens with zero attached hydrogens (tertiary/aromatic N) is 4. The Labute approximate surface area is 157 Å². The van der Waals surface area contributed by atoms with Gasteiger partial charge in [0.2, 0.25) is 0 Å². The number of nitro groups is 1. The monoisotopic (exact) mass is 370 g/mol. The zero-order valence-corrected chi connectivity index (χ0v) is 15.4. The highest BCUT2D eigenvalue weighted by molar-refractivity contribution is 5.78. The molecule has 0 N–H and O–H groups in total. The molecule has 0 atom stereocenters. The number of carbonyl (C=O) groups excluding carboxylic acids is 1. The molecule has 0 radical (unpaired) electrons. The van der Waals surface area contributed by atoms with Gasteiger partial charge in [-0.3, -0.25) is 14.9 Å². The summed E-state index contributed by atoms with van der Waals surface area (Å²) in [5, 5.41) is 10.8. The number of anilines is 1. The van der Waals surface area contributed by atoms with Crippen LogP contribution in [0, 0.1) is 24.0 Å². The molecule has 1 aromatic carbocycles. The van der Waals surface area contributed by atoms with Gasteiger partial charge in [-0.25, -0.2) is 4.98 Å². The number of hydrogen-bond donors (Lipinski definition) is 0. The molecule has 8 nitrogen and oxygen atoms in total. The average molecular weight is 370 g/mol. The summed E-state index contributed by atoms with van der Waals surface area (Å²) in [4.78, 5) is 30.8. The van der Waals surface area contributed by atoms with Gasteiger partial charge in [-0.1, -0.05) is 17.7 Å². The highest BCUT2D eigenvalue weighted by Gasteiger charge is 2.23. The minimum Gasteiger partial charge on any atom is -0.484 e. The molecule has 1 saturated heterocycles. The van der Waals surface area contributed by atoms with E-state index in [1.54, 1.807) is 4.90 Å². The summed E-state index contributed by atoms with van der Waals surface area (Å²) in [6.45, 7) is 6.20. The van der Waals surface area contributed by atoms with Crippen LogP contribution in [0.5, 0.6) is 5.75 Å². The highest BCUT2D eigenvalue weighted by Crippen LogP contribution is 2.22. The number of ether oxygens (including phenoxy) is 1. The van der Waals surface area contributed by atoms with E-state index in [4.69, 9.17) is 4.74 Å². The number of hydrogen-bond acceptors (Lipinski definition) is 6. The van der Waals surface area contributed by atoms with Crippen molar-refractivity contribution in [1.29, 1.82) is 0 Å². The van der Waals surface area contributed by atoms with E-state index in [0.29, 0.717) is 31.9 Å². The predicted octanol–water partition coefficient (Wildman–Crippen LogP) is 2.33. The van der Waals surface area contributed by atoms with Crippen LogP contribution in [0.15, 0.2) is 36.5 Å². The fraction of sp³-hybridized carbons (Fsp3) is 0.368. The van der Waals surface area contributed by atoms with Crippen molar-refractivity contribution in [2.24, 2.45) is 0 Å². The lowest BCUT2D eigenvalue weighted by atomic mass is 10.2. The SMILES string of the molecule is Cc1ccc(OCC(=O)N2CCN(c3ncc([N+](=O)[O-])cc3C)CC2)cc1. The van der Waals surface area contributed by atoms with Crippen LogP contribution in [0.2, 0.25) is 0 Å². The molecule has 1 amide bonds. The number of aryl methyl sites for hydroxylation is 2. The Morgan fingerprint density at radius 2 is 1.85 bits per heavy atom. The van der Waals surface area contributed by atoms with Crippen molar-refractivity contribution in [2.75, 3.05) is 37.7 Å². The van der Waals surface area contributed by atoms with Crippen molar-refractivity contribution in [3.63, 3.8) is 0 Å². The molecule has 0 saturated carbocycles. The van der Waals surface area contributed by atoms with Crippen LogP contribution in [0.1, 0.15) is 11.1 Å². The van der Waals surface area contributed by atoms with E-state index in [1.165, 1.54) is 12.3 Å². The van der Waals surface area contributed by atoms with Gasteiger partial charge in [0.05, 0.1) is 4.92 Å². The van der Waals surface area contributed by atoms with Gasteiger partial charge in [-0.15, -0.1) is 0 Å². The predicted molar refractivity (Wildman–Crippen MR) is 101 cm³/mol. The van der Waals surface area contributed by atoms with Crippen LogP contribution >= 0.6 is 0 Å². The molecule has 2 aromatic rings. The normalized spacial score (nSPS) is 14.1. The molecule has 3 rings (SSSR count). The number of benzene rings is 1. The second-order valence-corrected chi connectivity index (χ2v) is 6.56. The summed E-state index contributed by atoms with van der Waals surface area (Å²) >= 11 is 0. The molecule has 1 aliphatic heterocycles. The third kappa shape index (κ3) is 4.52. The standard InChI is InChI=1S/C19H22N4O4/c1-14-3-5-17(6-4-14)27-13-18(24)21-7-9-22(10-8-21)19-15(2)11-16(12-20-19)23(25)26/h3-6,11-12H,7-10,13H2,1-2H3. The minimum atomic E-state index is -0.450. The number of rotatable bonds is 5. The van der Waals surface area contributed by atoms with Crippen LogP contribution in [0.3, 0.4) is 0 Å². The van der Waals surface area contributed by atoms with Crippen molar-refractivity contribution in [3.05, 3.63) is 57.8 Å². The summed E-state index contributed by atoms with van der Waals surface area (Å²) in [6.07, 6.45) is 1.27. The van der Waals surface area contributed by atoms with E-state index in [0.717, 1.165) is 16.9 Å². The molecule has 0 bridgehead atoms. The lowest BCUT2D eigenvalue weighted by Crippen LogP contribution is -2.50. The molecule has 27 heavy (non-hydrogen) atoms. The maximum absolute atomic E-state index is 12.4. The van der Waals surface area contributed by atoms with E-state index < -0.39 is 4.92 Å². The van der Waals surface area contributed by atoms with Crippen LogP contribution in [0.4, 0.5) is 11.5 Å². The Bertz CT molecular complexity index is 830. The summed E-state index contributed by atoms with van der Waals surface area (Å²) in [6, 6.07) is 9.11. The first-order valence-electron chi connectivity index (χ1n) is 8.77. The van der Waals surface area contributed by atoms with Gasteiger partial charge in [0.25, 0.3) is 11.6 Å². The topological polar surface area (TPSA) is 88.8 Å². The number of piperazine rings is 1. The smallest absolute Gasteiger partial charge is 0.287 e. The number of aromatic nitrogens is 1. The van der Waals surface area contributed by atoms with Crippen molar-refractivity contribution in [3.8, 4) is 5.75 Å². The molecule has 0 unspecified atom stereocenters. The Kier molecular flexibility index (Phi) is 5.54. The Balaban J connectivity index is 1.53. The van der Waals surface area contributed by atoms with Crippen molar-refractivity contribution < 1.29 is 14.5 Å². The Morgan fingerprint density at radius 1 is 1.19 bits per heavy atom. The molecule has 0 aliphatic carbocycles. The molecule has 8 heteroatoms. The minimum absolute atomic E-state index is 0.0118. The summed E-state index contributed by atoms with van der Waals surface area (Å²) in [5.74, 6) is 1.35. The van der Waals surface area contributed by atoms with Gasteiger partial charge >= 0.3 is 0 Å². The second-order valence-electron chi connectivity index (χ2n) is 6.56. The Morgan fingerprint density at radius 3 is 2.44 bits per heavy atom. The molecule has 2 heterocycles. The first-order chi connectivity index (χ1) is 12.9. The second kappa shape index (κ2) is 8.03. The van der Waals surface area contributed by atoms with Gasteiger partial charge < -0.3 is 14.5 Å². The van der Waals surface area contributed by atoms with Gasteiger partial charge in [0.1, 0.15) is 17.8 Å². The van der Waals surface area contributed by atoms with Crippen molar-refractivity contribution >= 4 is 17.4 Å². The molecular formula is C19H22N4O4. The molecule has 0 spiro atoms. The zero-order valence-electron chi connectivity index (χ0n) is 15.4. The third-order valence-corrected chi connectivity index (χ3v) is 4.56. The highest BCUT2D eigenvalue weighted by atomic mass is 16.6. The van der Waals surface area contributed by atoms with Gasteiger partial charge in [-0.2, -0.15) is 0 Å². The fourth-order valence-electron chi connectivity index (χ4n) is 3.02. The van der Waals surface area contributed by atoms with Crippen molar-refractivity contribution in [2.45, 2.75) is 13.8 Å². The molecule has 142 valence electrons. The first kappa shape index (κ1) is 18.6. The number of amides is 1. The lowest BCUT2D eigenvalue weighted by Gasteiger charge is -2.35. The van der Waals surface area contributed by atoms with Crippen LogP contribution in [-0.4, -0.2) is 53.5 Å². The first-order valence-corrected chi connectivity index (χ1v) is 8.77. The molecule has 1 fully saturated rings. The average Bonchev–Trinajstić information content (AvgIpc) is 2.67. The van der Waals surface area contributed by atoms with E-state index >= 15 is 0 Å². The van der Waals surface area contributed by atoms with E-state index in [1.807, 2.05) is 43.0 Å². The lowest BCUT2D eigenvalue weighted by molar-refractivity contribution is -0.385. The largest absolute Gasteiger partial charge is 0.484 e. The van der Waals surface area contributed by atoms with E-state index in [2.05, 4.69) is 4.98 Å². The zero-order chi connectivity index (χ0) is 19.4. The van der Waals surface area contributed by atoms with E-state index in [9.17, 15) is 14.9 Å². The Hall–Kier alpha value is -3.16. The maximum atomic E-state index is 12.4. The quantitative estimate of drug-likeness (QED) is 0.593. The van der Waals surface area contributed by atoms with Gasteiger partial charge in [0, 0.05) is 32.2 Å². The summed E-state index contributed by atoms with van der Waals surface area (Å²) < 4.78 is 5.56. The summed E-state index contributed by atoms with van der Waals surface area (Å²) in [5.41, 5.74) is 1.88. The van der Waals surface area contributed by atoms with Crippen LogP contribution in [0.25, 0.3) is 0 Å². The fourth-order valence-corrected chi connectivity index (χ4v) is 3.02. The van der Waals surface area contributed by atoms with E-state index in [-0.39, 0.29) is 18.2 Å². The van der Waals surface area contributed by atoms with Gasteiger partial charge in [-0.05, 0) is 31.5 Å². The van der Waals surface area contributed by atoms with Crippen molar-refractivity contribution in [1.82, 2.24) is 9.88 Å². The maximum Gasteiger partial charge on any atom is 0.287 e. The third-order valence-electron chi connectivity index (χ3n) is 4.56. The number of carbonyl (C=O) groups is 1. The molecular weight excluding hydrogens is 348 g/mol.